The zero-order valence-corrected chi connectivity index (χ0v) is 12.0. The Kier molecular flexibility index (Phi) is 2.90. The lowest BCUT2D eigenvalue weighted by Crippen LogP contribution is -2.28. The molecule has 0 unspecified atom stereocenters. The molecular formula is C16H13N3O4. The largest absolute Gasteiger partial charge is 0.278 e. The van der Waals surface area contributed by atoms with Crippen LogP contribution in [0.25, 0.3) is 0 Å². The van der Waals surface area contributed by atoms with Gasteiger partial charge in [0.05, 0.1) is 28.5 Å². The van der Waals surface area contributed by atoms with Crippen LogP contribution in [-0.2, 0) is 9.59 Å². The maximum Gasteiger partial charge on any atom is 0.278 e. The van der Waals surface area contributed by atoms with E-state index in [9.17, 15) is 19.7 Å². The number of hydrogen-bond donors (Lipinski definition) is 0. The zero-order chi connectivity index (χ0) is 16.1. The van der Waals surface area contributed by atoms with E-state index in [1.54, 1.807) is 12.1 Å². The Bertz CT molecular complexity index is 755. The number of nitrogens with zero attached hydrogens (tertiary/aromatic N) is 3. The predicted molar refractivity (Wildman–Crippen MR) is 80.3 cm³/mol. The first kappa shape index (κ1) is 13.8. The van der Waals surface area contributed by atoms with Gasteiger partial charge in [0.25, 0.3) is 17.5 Å². The molecule has 0 spiro atoms. The standard InChI is InChI=1S/C16H13N3O4/c20-15-13-9-5-6-10(7-9)14(13)16(21)18(15)17-8-11-3-1-2-4-12(11)19(22)23/h1-6,8-10,13-14H,7H2/b17-8+/t9-,10+,13-,14+. The van der Waals surface area contributed by atoms with Gasteiger partial charge in [0.2, 0.25) is 0 Å². The molecule has 4 rings (SSSR count). The molecule has 3 aliphatic rings. The van der Waals surface area contributed by atoms with Crippen molar-refractivity contribution in [3.05, 3.63) is 52.1 Å². The van der Waals surface area contributed by atoms with Gasteiger partial charge in [-0.3, -0.25) is 19.7 Å². The van der Waals surface area contributed by atoms with Gasteiger partial charge in [0.1, 0.15) is 0 Å². The third-order valence-electron chi connectivity index (χ3n) is 4.89. The van der Waals surface area contributed by atoms with E-state index < -0.39 is 4.92 Å². The Balaban J connectivity index is 1.62. The van der Waals surface area contributed by atoms with E-state index in [-0.39, 0.29) is 46.7 Å². The number of carbonyl (C=O) groups excluding carboxylic acids is 2. The lowest BCUT2D eigenvalue weighted by Gasteiger charge is -2.13. The molecule has 1 heterocycles. The third-order valence-corrected chi connectivity index (χ3v) is 4.89. The SMILES string of the molecule is O=C1[C@@H]2[C@H](C(=O)N1/N=C/c1ccccc1[N+](=O)[O-])[C@@H]1C=C[C@H]2C1. The van der Waals surface area contributed by atoms with Crippen LogP contribution in [0.4, 0.5) is 5.69 Å². The Morgan fingerprint density at radius 3 is 2.35 bits per heavy atom. The van der Waals surface area contributed by atoms with Crippen LogP contribution in [0.2, 0.25) is 0 Å². The predicted octanol–water partition coefficient (Wildman–Crippen LogP) is 1.74. The molecule has 116 valence electrons. The summed E-state index contributed by atoms with van der Waals surface area (Å²) in [5, 5.41) is 15.8. The highest BCUT2D eigenvalue weighted by Gasteiger charge is 2.59. The highest BCUT2D eigenvalue weighted by molar-refractivity contribution is 6.07. The van der Waals surface area contributed by atoms with E-state index >= 15 is 0 Å². The van der Waals surface area contributed by atoms with Crippen molar-refractivity contribution in [2.45, 2.75) is 6.42 Å². The van der Waals surface area contributed by atoms with Gasteiger partial charge < -0.3 is 0 Å². The number of amides is 2. The molecule has 1 aromatic carbocycles. The first-order valence-electron chi connectivity index (χ1n) is 7.41. The second-order valence-corrected chi connectivity index (χ2v) is 6.05. The Labute approximate surface area is 131 Å². The summed E-state index contributed by atoms with van der Waals surface area (Å²) in [4.78, 5) is 35.4. The van der Waals surface area contributed by atoms with Crippen molar-refractivity contribution in [3.8, 4) is 0 Å². The molecule has 2 bridgehead atoms. The number of carbonyl (C=O) groups is 2. The molecule has 4 atom stereocenters. The van der Waals surface area contributed by atoms with Crippen LogP contribution in [0.15, 0.2) is 41.5 Å². The topological polar surface area (TPSA) is 92.9 Å². The summed E-state index contributed by atoms with van der Waals surface area (Å²) >= 11 is 0. The molecule has 1 aliphatic heterocycles. The Hall–Kier alpha value is -2.83. The number of imide groups is 1. The number of hydrogen-bond acceptors (Lipinski definition) is 5. The molecule has 0 aromatic heterocycles. The van der Waals surface area contributed by atoms with Crippen molar-refractivity contribution in [3.63, 3.8) is 0 Å². The first-order valence-corrected chi connectivity index (χ1v) is 7.41. The zero-order valence-electron chi connectivity index (χ0n) is 12.0. The molecule has 2 fully saturated rings. The maximum atomic E-state index is 12.5. The van der Waals surface area contributed by atoms with Crippen LogP contribution in [0.3, 0.4) is 0 Å². The fraction of sp³-hybridized carbons (Fsp3) is 0.312. The number of hydrazone groups is 1. The van der Waals surface area contributed by atoms with Crippen LogP contribution >= 0.6 is 0 Å². The summed E-state index contributed by atoms with van der Waals surface area (Å²) in [5.41, 5.74) is 0.147. The Morgan fingerprint density at radius 2 is 1.74 bits per heavy atom. The molecule has 2 aliphatic carbocycles. The van der Waals surface area contributed by atoms with Crippen LogP contribution in [-0.4, -0.2) is 28.0 Å². The molecule has 1 saturated carbocycles. The fourth-order valence-corrected chi connectivity index (χ4v) is 3.88. The highest BCUT2D eigenvalue weighted by atomic mass is 16.6. The molecular weight excluding hydrogens is 298 g/mol. The van der Waals surface area contributed by atoms with Gasteiger partial charge in [-0.15, -0.1) is 0 Å². The normalized spacial score (nSPS) is 31.4. The summed E-state index contributed by atoms with van der Waals surface area (Å²) in [5.74, 6) is -1.00. The minimum absolute atomic E-state index is 0.114. The van der Waals surface area contributed by atoms with Crippen LogP contribution in [0, 0.1) is 33.8 Å². The van der Waals surface area contributed by atoms with E-state index in [0.29, 0.717) is 0 Å². The van der Waals surface area contributed by atoms with E-state index in [2.05, 4.69) is 5.10 Å². The number of rotatable bonds is 3. The van der Waals surface area contributed by atoms with Gasteiger partial charge in [-0.25, -0.2) is 0 Å². The number of nitro groups is 1. The van der Waals surface area contributed by atoms with E-state index in [1.165, 1.54) is 18.3 Å². The van der Waals surface area contributed by atoms with Crippen molar-refractivity contribution in [2.24, 2.45) is 28.8 Å². The number of allylic oxidation sites excluding steroid dienone is 2. The molecule has 23 heavy (non-hydrogen) atoms. The summed E-state index contributed by atoms with van der Waals surface area (Å²) < 4.78 is 0. The number of nitro benzene ring substituents is 1. The van der Waals surface area contributed by atoms with Gasteiger partial charge in [-0.05, 0) is 24.3 Å². The first-order chi connectivity index (χ1) is 11.1. The molecule has 7 heteroatoms. The third kappa shape index (κ3) is 1.93. The monoisotopic (exact) mass is 311 g/mol. The van der Waals surface area contributed by atoms with Gasteiger partial charge in [-0.2, -0.15) is 10.1 Å². The minimum atomic E-state index is -0.520. The second-order valence-electron chi connectivity index (χ2n) is 6.05. The minimum Gasteiger partial charge on any atom is -0.272 e. The molecule has 7 nitrogen and oxygen atoms in total. The van der Waals surface area contributed by atoms with Gasteiger partial charge in [0, 0.05) is 6.07 Å². The summed E-state index contributed by atoms with van der Waals surface area (Å²) in [6.45, 7) is 0. The van der Waals surface area contributed by atoms with Gasteiger partial charge in [-0.1, -0.05) is 24.3 Å². The van der Waals surface area contributed by atoms with E-state index in [1.807, 2.05) is 12.2 Å². The molecule has 0 N–H and O–H groups in total. The lowest BCUT2D eigenvalue weighted by atomic mass is 9.85. The number of fused-ring (bicyclic) bond motifs is 5. The van der Waals surface area contributed by atoms with Crippen LogP contribution < -0.4 is 0 Å². The van der Waals surface area contributed by atoms with Gasteiger partial charge >= 0.3 is 0 Å². The Morgan fingerprint density at radius 1 is 1.13 bits per heavy atom. The summed E-state index contributed by atoms with van der Waals surface area (Å²) in [6.07, 6.45) is 6.08. The molecule has 2 amide bonds. The van der Waals surface area contributed by atoms with E-state index in [0.717, 1.165) is 11.4 Å². The smallest absolute Gasteiger partial charge is 0.272 e. The fourth-order valence-electron chi connectivity index (χ4n) is 3.88. The van der Waals surface area contributed by atoms with Crippen LogP contribution in [0.5, 0.6) is 0 Å². The van der Waals surface area contributed by atoms with Crippen molar-refractivity contribution >= 4 is 23.7 Å². The van der Waals surface area contributed by atoms with Crippen molar-refractivity contribution in [1.29, 1.82) is 0 Å². The lowest BCUT2D eigenvalue weighted by molar-refractivity contribution is -0.385. The number of para-hydroxylation sites is 1. The summed E-state index contributed by atoms with van der Waals surface area (Å²) in [7, 11) is 0. The average molecular weight is 311 g/mol. The van der Waals surface area contributed by atoms with Crippen molar-refractivity contribution in [2.75, 3.05) is 0 Å². The van der Waals surface area contributed by atoms with Crippen molar-refractivity contribution < 1.29 is 14.5 Å². The highest BCUT2D eigenvalue weighted by Crippen LogP contribution is 2.52. The molecule has 1 saturated heterocycles. The summed E-state index contributed by atoms with van der Waals surface area (Å²) in [6, 6.07) is 6.07. The maximum absolute atomic E-state index is 12.5. The van der Waals surface area contributed by atoms with E-state index in [4.69, 9.17) is 0 Å². The molecule has 0 radical (unpaired) electrons. The average Bonchev–Trinajstić information content (AvgIpc) is 3.21. The van der Waals surface area contributed by atoms with Crippen LogP contribution in [0.1, 0.15) is 12.0 Å². The second kappa shape index (κ2) is 4.84. The van der Waals surface area contributed by atoms with Crippen molar-refractivity contribution in [1.82, 2.24) is 5.01 Å². The molecule has 1 aromatic rings. The van der Waals surface area contributed by atoms with Gasteiger partial charge in [0.15, 0.2) is 0 Å². The quantitative estimate of drug-likeness (QED) is 0.279. The number of benzene rings is 1.